The number of hydrogen-bond donors (Lipinski definition) is 2. The van der Waals surface area contributed by atoms with Gasteiger partial charge in [0.25, 0.3) is 0 Å². The molecule has 1 aliphatic rings. The van der Waals surface area contributed by atoms with E-state index in [1.54, 1.807) is 13.1 Å². The molecule has 2 aromatic rings. The highest BCUT2D eigenvalue weighted by molar-refractivity contribution is 7.99. The molecule has 8 heteroatoms. The molecule has 0 bridgehead atoms. The quantitative estimate of drug-likeness (QED) is 0.629. The van der Waals surface area contributed by atoms with Gasteiger partial charge < -0.3 is 20.3 Å². The van der Waals surface area contributed by atoms with Crippen molar-refractivity contribution in [2.75, 3.05) is 36.1 Å². The van der Waals surface area contributed by atoms with Crippen LogP contribution in [0.25, 0.3) is 0 Å². The summed E-state index contributed by atoms with van der Waals surface area (Å²) in [4.78, 5) is 31.2. The second-order valence-electron chi connectivity index (χ2n) is 6.92. The third kappa shape index (κ3) is 6.66. The zero-order valence-corrected chi connectivity index (χ0v) is 18.0. The van der Waals surface area contributed by atoms with E-state index in [-0.39, 0.29) is 18.4 Å². The van der Waals surface area contributed by atoms with Crippen LogP contribution in [-0.4, -0.2) is 48.2 Å². The Morgan fingerprint density at radius 3 is 2.70 bits per heavy atom. The number of carbonyl (C=O) groups excluding carboxylic acids is 2. The van der Waals surface area contributed by atoms with Crippen LogP contribution in [0.15, 0.2) is 48.7 Å². The number of esters is 1. The van der Waals surface area contributed by atoms with Gasteiger partial charge in [0.1, 0.15) is 5.82 Å². The van der Waals surface area contributed by atoms with Crippen LogP contribution in [0, 0.1) is 0 Å². The van der Waals surface area contributed by atoms with Crippen LogP contribution in [0.5, 0.6) is 0 Å². The van der Waals surface area contributed by atoms with Gasteiger partial charge in [0.2, 0.25) is 0 Å². The van der Waals surface area contributed by atoms with Gasteiger partial charge in [0.05, 0.1) is 19.1 Å². The highest BCUT2D eigenvalue weighted by atomic mass is 32.2. The third-order valence-electron chi connectivity index (χ3n) is 4.78. The van der Waals surface area contributed by atoms with Gasteiger partial charge in [-0.15, -0.1) is 0 Å². The maximum atomic E-state index is 12.5. The minimum atomic E-state index is -0.455. The smallest absolute Gasteiger partial charge is 0.315 e. The first kappa shape index (κ1) is 22.0. The number of pyridine rings is 1. The second kappa shape index (κ2) is 11.4. The van der Waals surface area contributed by atoms with Gasteiger partial charge in [0, 0.05) is 37.3 Å². The summed E-state index contributed by atoms with van der Waals surface area (Å²) in [6, 6.07) is 12.6. The minimum absolute atomic E-state index is 0.0810. The fourth-order valence-electron chi connectivity index (χ4n) is 3.25. The number of carbonyl (C=O) groups is 2. The number of benzene rings is 1. The summed E-state index contributed by atoms with van der Waals surface area (Å²) in [6.07, 6.45) is 1.86. The van der Waals surface area contributed by atoms with Gasteiger partial charge in [-0.1, -0.05) is 30.3 Å². The van der Waals surface area contributed by atoms with Crippen molar-refractivity contribution >= 4 is 29.6 Å². The topological polar surface area (TPSA) is 83.6 Å². The van der Waals surface area contributed by atoms with Gasteiger partial charge in [0.15, 0.2) is 0 Å². The molecular formula is C22H28N4O3S. The molecule has 0 spiro atoms. The lowest BCUT2D eigenvalue weighted by atomic mass is 10.0. The van der Waals surface area contributed by atoms with Crippen LogP contribution in [0.3, 0.4) is 0 Å². The van der Waals surface area contributed by atoms with Gasteiger partial charge >= 0.3 is 12.0 Å². The summed E-state index contributed by atoms with van der Waals surface area (Å²) < 4.78 is 5.05. The van der Waals surface area contributed by atoms with E-state index in [1.807, 2.05) is 54.2 Å². The standard InChI is InChI=1S/C22H28N4O3S/c1-2-29-21(27)15-19(18-6-4-3-5-7-18)25-22(28)24-16-17-8-9-23-20(14-17)26-10-12-30-13-11-26/h3-9,14,19H,2,10-13,15-16H2,1H3,(H2,24,25,28). The van der Waals surface area contributed by atoms with Crippen LogP contribution < -0.4 is 15.5 Å². The molecule has 1 aliphatic heterocycles. The summed E-state index contributed by atoms with van der Waals surface area (Å²) >= 11 is 1.95. The van der Waals surface area contributed by atoms with Crippen molar-refractivity contribution in [2.45, 2.75) is 25.9 Å². The molecule has 2 heterocycles. The van der Waals surface area contributed by atoms with E-state index < -0.39 is 6.04 Å². The molecule has 2 N–H and O–H groups in total. The number of aromatic nitrogens is 1. The van der Waals surface area contributed by atoms with E-state index in [0.717, 1.165) is 41.5 Å². The first-order chi connectivity index (χ1) is 14.7. The zero-order chi connectivity index (χ0) is 21.2. The van der Waals surface area contributed by atoms with Crippen molar-refractivity contribution in [1.82, 2.24) is 15.6 Å². The lowest BCUT2D eigenvalue weighted by Gasteiger charge is -2.27. The molecular weight excluding hydrogens is 400 g/mol. The highest BCUT2D eigenvalue weighted by Gasteiger charge is 2.19. The number of hydrogen-bond acceptors (Lipinski definition) is 6. The third-order valence-corrected chi connectivity index (χ3v) is 5.72. The molecule has 2 amide bonds. The average molecular weight is 429 g/mol. The summed E-state index contributed by atoms with van der Waals surface area (Å²) in [5, 5.41) is 5.77. The molecule has 1 fully saturated rings. The van der Waals surface area contributed by atoms with Crippen molar-refractivity contribution in [3.63, 3.8) is 0 Å². The predicted octanol–water partition coefficient (Wildman–Crippen LogP) is 3.13. The molecule has 1 unspecified atom stereocenters. The Balaban J connectivity index is 1.58. The molecule has 160 valence electrons. The molecule has 30 heavy (non-hydrogen) atoms. The number of nitrogens with zero attached hydrogens (tertiary/aromatic N) is 2. The fourth-order valence-corrected chi connectivity index (χ4v) is 4.15. The van der Waals surface area contributed by atoms with Gasteiger partial charge in [-0.25, -0.2) is 9.78 Å². The SMILES string of the molecule is CCOC(=O)CC(NC(=O)NCc1ccnc(N2CCSCC2)c1)c1ccccc1. The first-order valence-corrected chi connectivity index (χ1v) is 11.3. The number of ether oxygens (including phenoxy) is 1. The number of nitrogens with one attached hydrogen (secondary N) is 2. The van der Waals surface area contributed by atoms with E-state index >= 15 is 0 Å². The fraction of sp³-hybridized carbons (Fsp3) is 0.409. The molecule has 3 rings (SSSR count). The van der Waals surface area contributed by atoms with E-state index in [9.17, 15) is 9.59 Å². The summed E-state index contributed by atoms with van der Waals surface area (Å²) in [6.45, 7) is 4.43. The molecule has 0 saturated carbocycles. The summed E-state index contributed by atoms with van der Waals surface area (Å²) in [7, 11) is 0. The molecule has 1 atom stereocenters. The Kier molecular flexibility index (Phi) is 8.38. The normalized spacial score (nSPS) is 14.6. The van der Waals surface area contributed by atoms with Crippen LogP contribution in [0.2, 0.25) is 0 Å². The Morgan fingerprint density at radius 1 is 1.20 bits per heavy atom. The monoisotopic (exact) mass is 428 g/mol. The lowest BCUT2D eigenvalue weighted by Crippen LogP contribution is -2.38. The lowest BCUT2D eigenvalue weighted by molar-refractivity contribution is -0.143. The number of anilines is 1. The van der Waals surface area contributed by atoms with Gasteiger partial charge in [-0.3, -0.25) is 4.79 Å². The minimum Gasteiger partial charge on any atom is -0.466 e. The summed E-state index contributed by atoms with van der Waals surface area (Å²) in [5.74, 6) is 2.81. The molecule has 0 aliphatic carbocycles. The molecule has 0 radical (unpaired) electrons. The molecule has 1 aromatic heterocycles. The van der Waals surface area contributed by atoms with E-state index in [1.165, 1.54) is 0 Å². The van der Waals surface area contributed by atoms with E-state index in [4.69, 9.17) is 4.74 Å². The highest BCUT2D eigenvalue weighted by Crippen LogP contribution is 2.19. The largest absolute Gasteiger partial charge is 0.466 e. The maximum Gasteiger partial charge on any atom is 0.315 e. The maximum absolute atomic E-state index is 12.5. The van der Waals surface area contributed by atoms with Crippen molar-refractivity contribution < 1.29 is 14.3 Å². The molecule has 1 saturated heterocycles. The van der Waals surface area contributed by atoms with Crippen molar-refractivity contribution in [3.05, 3.63) is 59.8 Å². The van der Waals surface area contributed by atoms with Crippen LogP contribution in [0.4, 0.5) is 10.6 Å². The van der Waals surface area contributed by atoms with Crippen LogP contribution >= 0.6 is 11.8 Å². The van der Waals surface area contributed by atoms with Gasteiger partial charge in [-0.2, -0.15) is 11.8 Å². The Morgan fingerprint density at radius 2 is 1.97 bits per heavy atom. The number of amides is 2. The van der Waals surface area contributed by atoms with Gasteiger partial charge in [-0.05, 0) is 30.2 Å². The second-order valence-corrected chi connectivity index (χ2v) is 8.15. The number of thioether (sulfide) groups is 1. The van der Waals surface area contributed by atoms with Crippen molar-refractivity contribution in [2.24, 2.45) is 0 Å². The van der Waals surface area contributed by atoms with Crippen LogP contribution in [-0.2, 0) is 16.1 Å². The predicted molar refractivity (Wildman–Crippen MR) is 120 cm³/mol. The van der Waals surface area contributed by atoms with Crippen molar-refractivity contribution in [1.29, 1.82) is 0 Å². The Hall–Kier alpha value is -2.74. The Bertz CT molecular complexity index is 828. The number of urea groups is 1. The van der Waals surface area contributed by atoms with Crippen molar-refractivity contribution in [3.8, 4) is 0 Å². The summed E-state index contributed by atoms with van der Waals surface area (Å²) in [5.41, 5.74) is 1.84. The average Bonchev–Trinajstić information content (AvgIpc) is 2.79. The van der Waals surface area contributed by atoms with Crippen LogP contribution in [0.1, 0.15) is 30.5 Å². The molecule has 1 aromatic carbocycles. The molecule has 7 nitrogen and oxygen atoms in total. The zero-order valence-electron chi connectivity index (χ0n) is 17.2. The van der Waals surface area contributed by atoms with E-state index in [0.29, 0.717) is 13.2 Å². The van der Waals surface area contributed by atoms with E-state index in [2.05, 4.69) is 20.5 Å². The first-order valence-electron chi connectivity index (χ1n) is 10.2. The Labute approximate surface area is 181 Å². The number of rotatable bonds is 8.